The number of benzene rings is 1. The Morgan fingerprint density at radius 1 is 1.26 bits per heavy atom. The van der Waals surface area contributed by atoms with Crippen molar-refractivity contribution in [1.82, 2.24) is 4.90 Å². The van der Waals surface area contributed by atoms with Crippen molar-refractivity contribution in [3.63, 3.8) is 0 Å². The van der Waals surface area contributed by atoms with Crippen LogP contribution in [0.15, 0.2) is 51.7 Å². The lowest BCUT2D eigenvalue weighted by Crippen LogP contribution is -2.23. The fourth-order valence-corrected chi connectivity index (χ4v) is 2.27. The summed E-state index contributed by atoms with van der Waals surface area (Å²) in [6.07, 6.45) is 4.43. The second-order valence-corrected chi connectivity index (χ2v) is 5.73. The van der Waals surface area contributed by atoms with Gasteiger partial charge in [-0.25, -0.2) is 0 Å². The summed E-state index contributed by atoms with van der Waals surface area (Å²) in [4.78, 5) is 2.25. The molecule has 0 amide bonds. The quantitative estimate of drug-likeness (QED) is 0.884. The summed E-state index contributed by atoms with van der Waals surface area (Å²) >= 11 is 3.43. The van der Waals surface area contributed by atoms with Crippen LogP contribution in [0, 0.1) is 0 Å². The summed E-state index contributed by atoms with van der Waals surface area (Å²) < 4.78 is 6.15. The molecule has 0 bridgehead atoms. The zero-order valence-electron chi connectivity index (χ0n) is 11.1. The van der Waals surface area contributed by atoms with Gasteiger partial charge in [-0.05, 0) is 43.8 Å². The van der Waals surface area contributed by atoms with Gasteiger partial charge in [0.1, 0.15) is 0 Å². The fourth-order valence-electron chi connectivity index (χ4n) is 2.01. The monoisotopic (exact) mass is 322 g/mol. The molecule has 0 radical (unpaired) electrons. The lowest BCUT2D eigenvalue weighted by molar-refractivity contribution is 0.310. The average molecular weight is 323 g/mol. The predicted molar refractivity (Wildman–Crippen MR) is 80.7 cm³/mol. The highest BCUT2D eigenvalue weighted by molar-refractivity contribution is 9.10. The number of halogens is 1. The standard InChI is InChI=1S/C15H19BrN2O/c1-18(10-12-7-9-19-11-12)8-6-15(17)13-2-4-14(16)5-3-13/h2-5,7,9,11,15H,6,8,10,17H2,1H3. The third kappa shape index (κ3) is 4.49. The molecule has 102 valence electrons. The molecular formula is C15H19BrN2O. The number of nitrogens with two attached hydrogens (primary N) is 1. The highest BCUT2D eigenvalue weighted by Gasteiger charge is 2.08. The Bertz CT molecular complexity index is 481. The molecule has 2 N–H and O–H groups in total. The molecule has 2 rings (SSSR count). The molecule has 4 heteroatoms. The van der Waals surface area contributed by atoms with Gasteiger partial charge in [-0.3, -0.25) is 0 Å². The highest BCUT2D eigenvalue weighted by Crippen LogP contribution is 2.18. The van der Waals surface area contributed by atoms with Crippen LogP contribution in [0.1, 0.15) is 23.6 Å². The Kier molecular flexibility index (Phi) is 5.19. The van der Waals surface area contributed by atoms with Gasteiger partial charge in [0, 0.05) is 22.6 Å². The molecule has 0 saturated carbocycles. The first-order chi connectivity index (χ1) is 9.15. The van der Waals surface area contributed by atoms with Crippen molar-refractivity contribution in [1.29, 1.82) is 0 Å². The fraction of sp³-hybridized carbons (Fsp3) is 0.333. The van der Waals surface area contributed by atoms with Crippen molar-refractivity contribution in [2.45, 2.75) is 19.0 Å². The Hall–Kier alpha value is -1.10. The van der Waals surface area contributed by atoms with Gasteiger partial charge in [0.2, 0.25) is 0 Å². The molecule has 3 nitrogen and oxygen atoms in total. The van der Waals surface area contributed by atoms with Gasteiger partial charge >= 0.3 is 0 Å². The van der Waals surface area contributed by atoms with Crippen LogP contribution in [0.2, 0.25) is 0 Å². The Morgan fingerprint density at radius 3 is 2.63 bits per heavy atom. The Labute approximate surface area is 122 Å². The van der Waals surface area contributed by atoms with Gasteiger partial charge in [0.25, 0.3) is 0 Å². The molecule has 19 heavy (non-hydrogen) atoms. The third-order valence-electron chi connectivity index (χ3n) is 3.15. The zero-order chi connectivity index (χ0) is 13.7. The third-order valence-corrected chi connectivity index (χ3v) is 3.68. The van der Waals surface area contributed by atoms with E-state index >= 15 is 0 Å². The first-order valence-corrected chi connectivity index (χ1v) is 7.15. The minimum atomic E-state index is 0.0832. The maximum absolute atomic E-state index is 6.21. The van der Waals surface area contributed by atoms with Crippen molar-refractivity contribution in [2.75, 3.05) is 13.6 Å². The van der Waals surface area contributed by atoms with Crippen LogP contribution in [-0.4, -0.2) is 18.5 Å². The van der Waals surface area contributed by atoms with Gasteiger partial charge in [-0.2, -0.15) is 0 Å². The summed E-state index contributed by atoms with van der Waals surface area (Å²) in [7, 11) is 2.10. The second kappa shape index (κ2) is 6.89. The first-order valence-electron chi connectivity index (χ1n) is 6.36. The number of furan rings is 1. The van der Waals surface area contributed by atoms with E-state index in [1.54, 1.807) is 12.5 Å². The van der Waals surface area contributed by atoms with Crippen LogP contribution >= 0.6 is 15.9 Å². The van der Waals surface area contributed by atoms with Crippen molar-refractivity contribution >= 4 is 15.9 Å². The van der Waals surface area contributed by atoms with E-state index in [2.05, 4.69) is 40.0 Å². The summed E-state index contributed by atoms with van der Waals surface area (Å²) in [6, 6.07) is 10.3. The Balaban J connectivity index is 1.79. The van der Waals surface area contributed by atoms with E-state index in [4.69, 9.17) is 10.2 Å². The molecule has 0 saturated heterocycles. The van der Waals surface area contributed by atoms with Crippen LogP contribution in [0.25, 0.3) is 0 Å². The Morgan fingerprint density at radius 2 is 2.00 bits per heavy atom. The van der Waals surface area contributed by atoms with E-state index in [1.165, 1.54) is 11.1 Å². The minimum Gasteiger partial charge on any atom is -0.472 e. The van der Waals surface area contributed by atoms with Crippen molar-refractivity contribution in [3.8, 4) is 0 Å². The van der Waals surface area contributed by atoms with E-state index < -0.39 is 0 Å². The summed E-state index contributed by atoms with van der Waals surface area (Å²) in [5.74, 6) is 0. The van der Waals surface area contributed by atoms with E-state index in [0.717, 1.165) is 24.0 Å². The van der Waals surface area contributed by atoms with Gasteiger partial charge in [-0.1, -0.05) is 28.1 Å². The predicted octanol–water partition coefficient (Wildman–Crippen LogP) is 3.56. The smallest absolute Gasteiger partial charge is 0.0947 e. The van der Waals surface area contributed by atoms with Crippen LogP contribution in [-0.2, 0) is 6.54 Å². The number of hydrogen-bond donors (Lipinski definition) is 1. The summed E-state index contributed by atoms with van der Waals surface area (Å²) in [5, 5.41) is 0. The minimum absolute atomic E-state index is 0.0832. The van der Waals surface area contributed by atoms with Gasteiger partial charge in [0.15, 0.2) is 0 Å². The number of nitrogens with zero attached hydrogens (tertiary/aromatic N) is 1. The normalized spacial score (nSPS) is 12.8. The van der Waals surface area contributed by atoms with Crippen LogP contribution in [0.3, 0.4) is 0 Å². The first kappa shape index (κ1) is 14.3. The highest BCUT2D eigenvalue weighted by atomic mass is 79.9. The van der Waals surface area contributed by atoms with Crippen molar-refractivity contribution < 1.29 is 4.42 Å². The lowest BCUT2D eigenvalue weighted by atomic mass is 10.0. The van der Waals surface area contributed by atoms with E-state index in [1.807, 2.05) is 18.2 Å². The van der Waals surface area contributed by atoms with E-state index in [9.17, 15) is 0 Å². The summed E-state index contributed by atoms with van der Waals surface area (Å²) in [6.45, 7) is 1.85. The molecule has 1 atom stereocenters. The second-order valence-electron chi connectivity index (χ2n) is 4.82. The van der Waals surface area contributed by atoms with E-state index in [0.29, 0.717) is 0 Å². The molecular weight excluding hydrogens is 304 g/mol. The molecule has 0 fully saturated rings. The SMILES string of the molecule is CN(CCC(N)c1ccc(Br)cc1)Cc1ccoc1. The van der Waals surface area contributed by atoms with Gasteiger partial charge in [-0.15, -0.1) is 0 Å². The molecule has 2 aromatic rings. The lowest BCUT2D eigenvalue weighted by Gasteiger charge is -2.19. The van der Waals surface area contributed by atoms with Crippen LogP contribution < -0.4 is 5.73 Å². The summed E-state index contributed by atoms with van der Waals surface area (Å²) in [5.41, 5.74) is 8.58. The molecule has 1 unspecified atom stereocenters. The molecule has 0 aliphatic heterocycles. The maximum atomic E-state index is 6.21. The number of hydrogen-bond acceptors (Lipinski definition) is 3. The molecule has 1 aromatic carbocycles. The average Bonchev–Trinajstić information content (AvgIpc) is 2.89. The maximum Gasteiger partial charge on any atom is 0.0947 e. The zero-order valence-corrected chi connectivity index (χ0v) is 12.6. The van der Waals surface area contributed by atoms with Gasteiger partial charge < -0.3 is 15.1 Å². The van der Waals surface area contributed by atoms with Crippen LogP contribution in [0.5, 0.6) is 0 Å². The molecule has 1 heterocycles. The topological polar surface area (TPSA) is 42.4 Å². The number of rotatable bonds is 6. The molecule has 0 aliphatic carbocycles. The van der Waals surface area contributed by atoms with Crippen molar-refractivity contribution in [3.05, 3.63) is 58.5 Å². The van der Waals surface area contributed by atoms with E-state index in [-0.39, 0.29) is 6.04 Å². The molecule has 1 aromatic heterocycles. The largest absolute Gasteiger partial charge is 0.472 e. The van der Waals surface area contributed by atoms with Crippen molar-refractivity contribution in [2.24, 2.45) is 5.73 Å². The molecule has 0 aliphatic rings. The van der Waals surface area contributed by atoms with Crippen LogP contribution in [0.4, 0.5) is 0 Å². The van der Waals surface area contributed by atoms with Gasteiger partial charge in [0.05, 0.1) is 12.5 Å². The molecule has 0 spiro atoms.